The van der Waals surface area contributed by atoms with Crippen molar-refractivity contribution in [3.8, 4) is 0 Å². The lowest BCUT2D eigenvalue weighted by atomic mass is 10.1. The summed E-state index contributed by atoms with van der Waals surface area (Å²) in [5.74, 6) is -4.99. The van der Waals surface area contributed by atoms with E-state index in [-0.39, 0.29) is 0 Å². The Kier molecular flexibility index (Phi) is 4.30. The minimum atomic E-state index is -4.85. The van der Waals surface area contributed by atoms with Crippen LogP contribution in [-0.4, -0.2) is 34.1 Å². The quantitative estimate of drug-likeness (QED) is 0.516. The molecule has 0 saturated heterocycles. The summed E-state index contributed by atoms with van der Waals surface area (Å²) in [6.45, 7) is 0. The lowest BCUT2D eigenvalue weighted by molar-refractivity contribution is -0.153. The first-order valence-corrected chi connectivity index (χ1v) is 4.97. The average Bonchev–Trinajstić information content (AvgIpc) is 2.26. The number of halogens is 4. The number of hydrogen-bond donors (Lipinski definition) is 1. The Morgan fingerprint density at radius 3 is 2.42 bits per heavy atom. The molecular formula is C9H6ClF3N2O4. The van der Waals surface area contributed by atoms with Crippen molar-refractivity contribution in [1.29, 1.82) is 0 Å². The summed E-state index contributed by atoms with van der Waals surface area (Å²) >= 11 is 5.29. The van der Waals surface area contributed by atoms with Crippen molar-refractivity contribution in [3.63, 3.8) is 0 Å². The maximum absolute atomic E-state index is 12.5. The summed E-state index contributed by atoms with van der Waals surface area (Å²) in [5, 5.41) is 8.01. The number of methoxy groups -OCH3 is 1. The van der Waals surface area contributed by atoms with Gasteiger partial charge < -0.3 is 9.84 Å². The van der Waals surface area contributed by atoms with Gasteiger partial charge in [0.15, 0.2) is 5.92 Å². The predicted octanol–water partition coefficient (Wildman–Crippen LogP) is 1.49. The Morgan fingerprint density at radius 2 is 2.00 bits per heavy atom. The molecule has 0 spiro atoms. The van der Waals surface area contributed by atoms with Gasteiger partial charge in [-0.1, -0.05) is 0 Å². The first-order valence-electron chi connectivity index (χ1n) is 4.59. The van der Waals surface area contributed by atoms with Crippen molar-refractivity contribution >= 4 is 23.5 Å². The highest BCUT2D eigenvalue weighted by Gasteiger charge is 2.37. The van der Waals surface area contributed by atoms with E-state index in [4.69, 9.17) is 16.7 Å². The van der Waals surface area contributed by atoms with Gasteiger partial charge in [0.25, 0.3) is 0 Å². The second-order valence-electron chi connectivity index (χ2n) is 3.24. The molecule has 1 N–H and O–H groups in total. The molecule has 0 bridgehead atoms. The Labute approximate surface area is 109 Å². The number of aliphatic carboxylic acids is 1. The van der Waals surface area contributed by atoms with Gasteiger partial charge in [-0.2, -0.15) is 13.2 Å². The monoisotopic (exact) mass is 298 g/mol. The van der Waals surface area contributed by atoms with Crippen molar-refractivity contribution in [2.75, 3.05) is 7.11 Å². The molecule has 1 heterocycles. The zero-order chi connectivity index (χ0) is 14.8. The number of nitrogens with zero attached hydrogens (tertiary/aromatic N) is 2. The van der Waals surface area contributed by atoms with E-state index in [2.05, 4.69) is 14.7 Å². The molecule has 0 aliphatic heterocycles. The number of ether oxygens (including phenoxy) is 1. The van der Waals surface area contributed by atoms with Gasteiger partial charge in [-0.3, -0.25) is 9.59 Å². The molecule has 6 nitrogen and oxygen atoms in total. The van der Waals surface area contributed by atoms with Crippen LogP contribution in [0, 0.1) is 0 Å². The van der Waals surface area contributed by atoms with Crippen LogP contribution >= 0.6 is 11.6 Å². The fraction of sp³-hybridized carbons (Fsp3) is 0.333. The van der Waals surface area contributed by atoms with Gasteiger partial charge in [-0.05, 0) is 17.7 Å². The van der Waals surface area contributed by atoms with E-state index in [1.807, 2.05) is 0 Å². The van der Waals surface area contributed by atoms with E-state index in [9.17, 15) is 22.8 Å². The molecule has 1 unspecified atom stereocenters. The number of carboxylic acids is 1. The fourth-order valence-electron chi connectivity index (χ4n) is 1.19. The van der Waals surface area contributed by atoms with Crippen LogP contribution in [0.5, 0.6) is 0 Å². The number of hydrogen-bond acceptors (Lipinski definition) is 5. The van der Waals surface area contributed by atoms with E-state index in [0.29, 0.717) is 6.07 Å². The number of carboxylic acid groups (broad SMARTS) is 1. The van der Waals surface area contributed by atoms with Crippen LogP contribution < -0.4 is 0 Å². The van der Waals surface area contributed by atoms with Gasteiger partial charge in [0.2, 0.25) is 5.28 Å². The number of carbonyl (C=O) groups excluding carboxylic acids is 1. The Hall–Kier alpha value is -1.90. The highest BCUT2D eigenvalue weighted by Crippen LogP contribution is 2.30. The van der Waals surface area contributed by atoms with Crippen LogP contribution in [-0.2, 0) is 20.5 Å². The molecule has 10 heteroatoms. The Morgan fingerprint density at radius 1 is 1.42 bits per heavy atom. The first-order chi connectivity index (χ1) is 8.66. The van der Waals surface area contributed by atoms with Crippen molar-refractivity contribution in [3.05, 3.63) is 22.7 Å². The van der Waals surface area contributed by atoms with Gasteiger partial charge >= 0.3 is 18.1 Å². The van der Waals surface area contributed by atoms with E-state index in [0.717, 1.165) is 7.11 Å². The summed E-state index contributed by atoms with van der Waals surface area (Å²) in [6, 6.07) is 0.335. The van der Waals surface area contributed by atoms with E-state index in [1.165, 1.54) is 0 Å². The van der Waals surface area contributed by atoms with Crippen LogP contribution in [0.1, 0.15) is 17.3 Å². The van der Waals surface area contributed by atoms with Crippen LogP contribution in [0.25, 0.3) is 0 Å². The molecule has 1 rings (SSSR count). The second-order valence-corrected chi connectivity index (χ2v) is 3.58. The van der Waals surface area contributed by atoms with Gasteiger partial charge in [0.1, 0.15) is 5.69 Å². The van der Waals surface area contributed by atoms with Gasteiger partial charge in [-0.15, -0.1) is 0 Å². The van der Waals surface area contributed by atoms with Gasteiger partial charge in [-0.25, -0.2) is 9.97 Å². The lowest BCUT2D eigenvalue weighted by Gasteiger charge is -2.12. The molecule has 1 aromatic rings. The molecule has 104 valence electrons. The molecule has 0 radical (unpaired) electrons. The number of alkyl halides is 3. The highest BCUT2D eigenvalue weighted by molar-refractivity contribution is 6.28. The maximum Gasteiger partial charge on any atom is 0.433 e. The number of carbonyl (C=O) groups is 2. The molecule has 1 atom stereocenters. The molecule has 19 heavy (non-hydrogen) atoms. The van der Waals surface area contributed by atoms with Crippen molar-refractivity contribution in [1.82, 2.24) is 9.97 Å². The van der Waals surface area contributed by atoms with E-state index < -0.39 is 40.7 Å². The Bertz CT molecular complexity index is 521. The predicted molar refractivity (Wildman–Crippen MR) is 54.4 cm³/mol. The largest absolute Gasteiger partial charge is 0.480 e. The third kappa shape index (κ3) is 3.53. The number of aromatic nitrogens is 2. The topological polar surface area (TPSA) is 89.4 Å². The summed E-state index contributed by atoms with van der Waals surface area (Å²) in [4.78, 5) is 28.4. The van der Waals surface area contributed by atoms with E-state index in [1.54, 1.807) is 0 Å². The molecule has 0 aliphatic carbocycles. The van der Waals surface area contributed by atoms with Crippen LogP contribution in [0.4, 0.5) is 13.2 Å². The standard InChI is InChI=1S/C9H6ClF3N2O4/c1-19-7(18)5(6(16)17)3-2-4(9(11,12)13)15-8(10)14-3/h2,5H,1H3,(H,16,17). The normalized spacial score (nSPS) is 12.9. The van der Waals surface area contributed by atoms with Gasteiger partial charge in [0.05, 0.1) is 12.8 Å². The third-order valence-corrected chi connectivity index (χ3v) is 2.16. The second kappa shape index (κ2) is 5.39. The molecule has 1 aromatic heterocycles. The summed E-state index contributed by atoms with van der Waals surface area (Å²) in [5.41, 5.74) is -2.15. The molecule has 0 aromatic carbocycles. The third-order valence-electron chi connectivity index (χ3n) is 1.99. The summed E-state index contributed by atoms with van der Waals surface area (Å²) in [6.07, 6.45) is -4.85. The molecule has 0 fully saturated rings. The Balaban J connectivity index is 3.36. The SMILES string of the molecule is COC(=O)C(C(=O)O)c1cc(C(F)(F)F)nc(Cl)n1. The van der Waals surface area contributed by atoms with E-state index >= 15 is 0 Å². The van der Waals surface area contributed by atoms with Gasteiger partial charge in [0, 0.05) is 0 Å². The lowest BCUT2D eigenvalue weighted by Crippen LogP contribution is -2.25. The van der Waals surface area contributed by atoms with Crippen LogP contribution in [0.3, 0.4) is 0 Å². The zero-order valence-corrected chi connectivity index (χ0v) is 9.99. The summed E-state index contributed by atoms with van der Waals surface area (Å²) < 4.78 is 41.6. The first kappa shape index (κ1) is 15.2. The smallest absolute Gasteiger partial charge is 0.433 e. The molecule has 0 aliphatic rings. The molecule has 0 saturated carbocycles. The van der Waals surface area contributed by atoms with Crippen molar-refractivity contribution in [2.24, 2.45) is 0 Å². The summed E-state index contributed by atoms with van der Waals surface area (Å²) in [7, 11) is 0.895. The minimum Gasteiger partial charge on any atom is -0.480 e. The molecular weight excluding hydrogens is 293 g/mol. The van der Waals surface area contributed by atoms with Crippen molar-refractivity contribution < 1.29 is 32.6 Å². The number of rotatable bonds is 3. The van der Waals surface area contributed by atoms with Crippen molar-refractivity contribution in [2.45, 2.75) is 12.1 Å². The highest BCUT2D eigenvalue weighted by atomic mass is 35.5. The van der Waals surface area contributed by atoms with Crippen LogP contribution in [0.2, 0.25) is 5.28 Å². The minimum absolute atomic E-state index is 0.335. The van der Waals surface area contributed by atoms with Crippen LogP contribution in [0.15, 0.2) is 6.07 Å². The maximum atomic E-state index is 12.5. The average molecular weight is 299 g/mol. The number of esters is 1. The molecule has 0 amide bonds. The zero-order valence-electron chi connectivity index (χ0n) is 9.23. The fourth-order valence-corrected chi connectivity index (χ4v) is 1.38.